The molecule has 7 nitrogen and oxygen atoms in total. The quantitative estimate of drug-likeness (QED) is 0.296. The molecule has 0 bridgehead atoms. The lowest BCUT2D eigenvalue weighted by molar-refractivity contribution is -0.384. The summed E-state index contributed by atoms with van der Waals surface area (Å²) in [6.07, 6.45) is 1.24. The van der Waals surface area contributed by atoms with E-state index in [1.54, 1.807) is 18.2 Å². The number of hydrogen-bond acceptors (Lipinski definition) is 5. The largest absolute Gasteiger partial charge is 0.506 e. The van der Waals surface area contributed by atoms with Crippen LogP contribution in [0.5, 0.6) is 5.75 Å². The third kappa shape index (κ3) is 3.92. The number of phenols is 1. The van der Waals surface area contributed by atoms with Crippen molar-refractivity contribution in [3.8, 4) is 11.8 Å². The molecular weight excluding hydrogens is 298 g/mol. The van der Waals surface area contributed by atoms with Crippen LogP contribution < -0.4 is 5.32 Å². The Kier molecular flexibility index (Phi) is 4.69. The molecule has 114 valence electrons. The zero-order chi connectivity index (χ0) is 16.8. The lowest BCUT2D eigenvalue weighted by Gasteiger charge is -2.06. The Bertz CT molecular complexity index is 837. The van der Waals surface area contributed by atoms with Gasteiger partial charge in [-0.25, -0.2) is 0 Å². The number of benzene rings is 2. The van der Waals surface area contributed by atoms with Crippen molar-refractivity contribution in [2.45, 2.75) is 0 Å². The highest BCUT2D eigenvalue weighted by Gasteiger charge is 2.12. The maximum absolute atomic E-state index is 12.1. The van der Waals surface area contributed by atoms with Crippen LogP contribution in [0.3, 0.4) is 0 Å². The molecule has 7 heteroatoms. The first kappa shape index (κ1) is 15.7. The summed E-state index contributed by atoms with van der Waals surface area (Å²) in [5.41, 5.74) is 0.131. The fourth-order valence-corrected chi connectivity index (χ4v) is 1.81. The van der Waals surface area contributed by atoms with Crippen LogP contribution in [0.2, 0.25) is 0 Å². The highest BCUT2D eigenvalue weighted by Crippen LogP contribution is 2.22. The predicted molar refractivity (Wildman–Crippen MR) is 83.4 cm³/mol. The molecule has 0 aliphatic rings. The van der Waals surface area contributed by atoms with E-state index in [-0.39, 0.29) is 22.7 Å². The van der Waals surface area contributed by atoms with Crippen LogP contribution in [0.4, 0.5) is 11.4 Å². The van der Waals surface area contributed by atoms with Gasteiger partial charge in [-0.15, -0.1) is 0 Å². The molecule has 0 saturated heterocycles. The number of aromatic hydroxyl groups is 1. The van der Waals surface area contributed by atoms with Gasteiger partial charge in [-0.3, -0.25) is 14.9 Å². The number of hydrogen-bond donors (Lipinski definition) is 2. The fourth-order valence-electron chi connectivity index (χ4n) is 1.81. The van der Waals surface area contributed by atoms with Gasteiger partial charge >= 0.3 is 0 Å². The normalized spacial score (nSPS) is 10.7. The molecule has 0 spiro atoms. The number of anilines is 1. The smallest absolute Gasteiger partial charge is 0.270 e. The number of para-hydroxylation sites is 2. The number of carbonyl (C=O) groups excluding carboxylic acids is 1. The highest BCUT2D eigenvalue weighted by atomic mass is 16.6. The average Bonchev–Trinajstić information content (AvgIpc) is 2.55. The number of nitro groups is 1. The summed E-state index contributed by atoms with van der Waals surface area (Å²) in [6, 6.07) is 13.4. The number of rotatable bonds is 4. The number of nitriles is 1. The van der Waals surface area contributed by atoms with Crippen molar-refractivity contribution in [2.24, 2.45) is 0 Å². The molecule has 0 heterocycles. The van der Waals surface area contributed by atoms with E-state index < -0.39 is 10.8 Å². The molecule has 23 heavy (non-hydrogen) atoms. The number of amides is 1. The van der Waals surface area contributed by atoms with Gasteiger partial charge in [0.25, 0.3) is 11.6 Å². The zero-order valence-corrected chi connectivity index (χ0v) is 11.8. The maximum Gasteiger partial charge on any atom is 0.270 e. The van der Waals surface area contributed by atoms with Crippen molar-refractivity contribution in [1.82, 2.24) is 0 Å². The van der Waals surface area contributed by atoms with Crippen LogP contribution in [0.15, 0.2) is 54.1 Å². The van der Waals surface area contributed by atoms with Gasteiger partial charge in [0.2, 0.25) is 0 Å². The SMILES string of the molecule is N#C/C(=C/c1cccc([N+](=O)[O-])c1)C(=O)Nc1ccccc1O. The standard InChI is InChI=1S/C16H11N3O4/c17-10-12(8-11-4-3-5-13(9-11)19(22)23)16(21)18-14-6-1-2-7-15(14)20/h1-9,20H,(H,18,21)/b12-8-. The monoisotopic (exact) mass is 309 g/mol. The first-order chi connectivity index (χ1) is 11.0. The second-order valence-electron chi connectivity index (χ2n) is 4.49. The summed E-state index contributed by atoms with van der Waals surface area (Å²) in [4.78, 5) is 22.2. The van der Waals surface area contributed by atoms with E-state index in [9.17, 15) is 20.0 Å². The van der Waals surface area contributed by atoms with E-state index in [1.807, 2.05) is 0 Å². The molecule has 2 N–H and O–H groups in total. The van der Waals surface area contributed by atoms with Crippen LogP contribution in [-0.4, -0.2) is 15.9 Å². The summed E-state index contributed by atoms with van der Waals surface area (Å²) in [5.74, 6) is -0.853. The van der Waals surface area contributed by atoms with Crippen molar-refractivity contribution in [3.63, 3.8) is 0 Å². The molecule has 0 aromatic heterocycles. The lowest BCUT2D eigenvalue weighted by atomic mass is 10.1. The van der Waals surface area contributed by atoms with Crippen molar-refractivity contribution in [1.29, 1.82) is 5.26 Å². The summed E-state index contributed by atoms with van der Waals surface area (Å²) >= 11 is 0. The van der Waals surface area contributed by atoms with Crippen LogP contribution >= 0.6 is 0 Å². The van der Waals surface area contributed by atoms with Gasteiger partial charge in [0, 0.05) is 12.1 Å². The first-order valence-electron chi connectivity index (χ1n) is 6.47. The molecule has 0 fully saturated rings. The molecular formula is C16H11N3O4. The van der Waals surface area contributed by atoms with Gasteiger partial charge in [-0.2, -0.15) is 5.26 Å². The number of nitrogens with zero attached hydrogens (tertiary/aromatic N) is 2. The topological polar surface area (TPSA) is 116 Å². The van der Waals surface area contributed by atoms with Crippen molar-refractivity contribution >= 4 is 23.4 Å². The van der Waals surface area contributed by atoms with Crippen LogP contribution in [0.25, 0.3) is 6.08 Å². The Balaban J connectivity index is 2.27. The second kappa shape index (κ2) is 6.87. The Morgan fingerprint density at radius 3 is 2.65 bits per heavy atom. The minimum Gasteiger partial charge on any atom is -0.506 e. The van der Waals surface area contributed by atoms with Gasteiger partial charge in [-0.05, 0) is 23.8 Å². The van der Waals surface area contributed by atoms with Crippen LogP contribution in [0, 0.1) is 21.4 Å². The summed E-state index contributed by atoms with van der Waals surface area (Å²) < 4.78 is 0. The van der Waals surface area contributed by atoms with E-state index in [2.05, 4.69) is 5.32 Å². The minimum absolute atomic E-state index is 0.131. The van der Waals surface area contributed by atoms with Gasteiger partial charge < -0.3 is 10.4 Å². The van der Waals surface area contributed by atoms with Crippen LogP contribution in [0.1, 0.15) is 5.56 Å². The third-order valence-corrected chi connectivity index (χ3v) is 2.91. The highest BCUT2D eigenvalue weighted by molar-refractivity contribution is 6.10. The van der Waals surface area contributed by atoms with Gasteiger partial charge in [0.1, 0.15) is 17.4 Å². The van der Waals surface area contributed by atoms with Crippen molar-refractivity contribution < 1.29 is 14.8 Å². The van der Waals surface area contributed by atoms with E-state index in [4.69, 9.17) is 5.26 Å². The Morgan fingerprint density at radius 1 is 1.26 bits per heavy atom. The van der Waals surface area contributed by atoms with E-state index in [1.165, 1.54) is 42.5 Å². The van der Waals surface area contributed by atoms with Crippen molar-refractivity contribution in [2.75, 3.05) is 5.32 Å². The van der Waals surface area contributed by atoms with Gasteiger partial charge in [0.15, 0.2) is 0 Å². The number of non-ortho nitro benzene ring substituents is 1. The fraction of sp³-hybridized carbons (Fsp3) is 0. The summed E-state index contributed by atoms with van der Waals surface area (Å²) in [6.45, 7) is 0. The lowest BCUT2D eigenvalue weighted by Crippen LogP contribution is -2.13. The molecule has 0 saturated carbocycles. The molecule has 2 rings (SSSR count). The molecule has 0 aliphatic heterocycles. The number of nitrogens with one attached hydrogen (secondary N) is 1. The predicted octanol–water partition coefficient (Wildman–Crippen LogP) is 2.85. The Hall–Kier alpha value is -3.66. The summed E-state index contributed by atoms with van der Waals surface area (Å²) in [5, 5.41) is 31.9. The van der Waals surface area contributed by atoms with Gasteiger partial charge in [-0.1, -0.05) is 24.3 Å². The number of carbonyl (C=O) groups is 1. The maximum atomic E-state index is 12.1. The molecule has 2 aromatic rings. The third-order valence-electron chi connectivity index (χ3n) is 2.91. The van der Waals surface area contributed by atoms with Crippen LogP contribution in [-0.2, 0) is 4.79 Å². The van der Waals surface area contributed by atoms with E-state index in [0.717, 1.165) is 0 Å². The minimum atomic E-state index is -0.722. The van der Waals surface area contributed by atoms with Gasteiger partial charge in [0.05, 0.1) is 10.6 Å². The van der Waals surface area contributed by atoms with E-state index >= 15 is 0 Å². The second-order valence-corrected chi connectivity index (χ2v) is 4.49. The Morgan fingerprint density at radius 2 is 2.00 bits per heavy atom. The van der Waals surface area contributed by atoms with E-state index in [0.29, 0.717) is 5.56 Å². The summed E-state index contributed by atoms with van der Waals surface area (Å²) in [7, 11) is 0. The number of nitro benzene ring substituents is 1. The zero-order valence-electron chi connectivity index (χ0n) is 11.8. The Labute approximate surface area is 131 Å². The first-order valence-corrected chi connectivity index (χ1v) is 6.47. The molecule has 0 aliphatic carbocycles. The average molecular weight is 309 g/mol. The molecule has 2 aromatic carbocycles. The molecule has 1 amide bonds. The molecule has 0 atom stereocenters. The van der Waals surface area contributed by atoms with Crippen molar-refractivity contribution in [3.05, 3.63) is 69.8 Å². The molecule has 0 unspecified atom stereocenters. The number of phenolic OH excluding ortho intramolecular Hbond substituents is 1. The molecule has 0 radical (unpaired) electrons.